The molecular weight excluding hydrogens is 475 g/mol. The topological polar surface area (TPSA) is 77.2 Å². The van der Waals surface area contributed by atoms with Gasteiger partial charge in [0.2, 0.25) is 17.5 Å². The van der Waals surface area contributed by atoms with E-state index >= 15 is 0 Å². The summed E-state index contributed by atoms with van der Waals surface area (Å²) in [5.41, 5.74) is -1.23. The minimum atomic E-state index is -5.69. The van der Waals surface area contributed by atoms with Crippen molar-refractivity contribution < 1.29 is 44.7 Å². The normalized spacial score (nSPS) is 11.6. The highest BCUT2D eigenvalue weighted by molar-refractivity contribution is 5.94. The lowest BCUT2D eigenvalue weighted by Gasteiger charge is -2.14. The first kappa shape index (κ1) is 23.0. The maximum atomic E-state index is 13.9. The van der Waals surface area contributed by atoms with Crippen molar-refractivity contribution in [1.29, 1.82) is 0 Å². The van der Waals surface area contributed by atoms with Gasteiger partial charge in [0.1, 0.15) is 11.1 Å². The summed E-state index contributed by atoms with van der Waals surface area (Å²) in [7, 11) is 0. The van der Waals surface area contributed by atoms with E-state index in [1.165, 1.54) is 30.6 Å². The SMILES string of the molecule is O=C(COc1c(F)c(F)c(C(F)(F)F)c(F)c1F)Nc1ccc2oc(-c3ccncc3)nc2c1. The van der Waals surface area contributed by atoms with E-state index in [0.29, 0.717) is 16.7 Å². The molecule has 2 aromatic carbocycles. The Morgan fingerprint density at radius 3 is 2.24 bits per heavy atom. The molecule has 0 aliphatic rings. The maximum absolute atomic E-state index is 13.9. The summed E-state index contributed by atoms with van der Waals surface area (Å²) in [4.78, 5) is 20.2. The van der Waals surface area contributed by atoms with Gasteiger partial charge in [-0.05, 0) is 30.3 Å². The number of pyridine rings is 1. The van der Waals surface area contributed by atoms with Gasteiger partial charge in [-0.3, -0.25) is 9.78 Å². The predicted molar refractivity (Wildman–Crippen MR) is 103 cm³/mol. The number of carbonyl (C=O) groups is 1. The number of halogens is 7. The molecule has 0 spiro atoms. The molecule has 2 heterocycles. The molecule has 1 amide bonds. The zero-order valence-electron chi connectivity index (χ0n) is 16.5. The van der Waals surface area contributed by atoms with Crippen LogP contribution in [0.4, 0.5) is 36.4 Å². The van der Waals surface area contributed by atoms with Crippen LogP contribution in [0.15, 0.2) is 47.1 Å². The quantitative estimate of drug-likeness (QED) is 0.299. The van der Waals surface area contributed by atoms with Gasteiger partial charge < -0.3 is 14.5 Å². The van der Waals surface area contributed by atoms with Crippen molar-refractivity contribution >= 4 is 22.7 Å². The van der Waals surface area contributed by atoms with Gasteiger partial charge in [-0.25, -0.2) is 13.8 Å². The number of rotatable bonds is 5. The fourth-order valence-electron chi connectivity index (χ4n) is 2.95. The molecule has 0 bridgehead atoms. The number of hydrogen-bond acceptors (Lipinski definition) is 5. The minimum absolute atomic E-state index is 0.154. The lowest BCUT2D eigenvalue weighted by Crippen LogP contribution is -2.22. The smallest absolute Gasteiger partial charge is 0.422 e. The minimum Gasteiger partial charge on any atom is -0.477 e. The van der Waals surface area contributed by atoms with Crippen LogP contribution in [-0.2, 0) is 11.0 Å². The van der Waals surface area contributed by atoms with Crippen LogP contribution in [0.5, 0.6) is 5.75 Å². The van der Waals surface area contributed by atoms with Crippen LogP contribution in [0, 0.1) is 23.3 Å². The Morgan fingerprint density at radius 2 is 1.62 bits per heavy atom. The zero-order valence-corrected chi connectivity index (χ0v) is 16.5. The number of ether oxygens (including phenoxy) is 1. The fraction of sp³-hybridized carbons (Fsp3) is 0.0952. The summed E-state index contributed by atoms with van der Waals surface area (Å²) in [6, 6.07) is 7.61. The highest BCUT2D eigenvalue weighted by atomic mass is 19.4. The highest BCUT2D eigenvalue weighted by Crippen LogP contribution is 2.39. The van der Waals surface area contributed by atoms with Crippen molar-refractivity contribution in [1.82, 2.24) is 9.97 Å². The first-order valence-electron chi connectivity index (χ1n) is 9.23. The Kier molecular flexibility index (Phi) is 5.85. The van der Waals surface area contributed by atoms with Gasteiger partial charge in [-0.2, -0.15) is 22.0 Å². The Hall–Kier alpha value is -4.16. The molecule has 0 radical (unpaired) electrons. The second-order valence-corrected chi connectivity index (χ2v) is 6.73. The third-order valence-electron chi connectivity index (χ3n) is 4.45. The van der Waals surface area contributed by atoms with Crippen LogP contribution in [0.3, 0.4) is 0 Å². The molecule has 2 aromatic heterocycles. The molecule has 0 unspecified atom stereocenters. The Morgan fingerprint density at radius 1 is 0.971 bits per heavy atom. The molecular formula is C21H10F7N3O3. The van der Waals surface area contributed by atoms with Crippen molar-refractivity contribution in [3.8, 4) is 17.2 Å². The number of amides is 1. The molecule has 4 aromatic rings. The second-order valence-electron chi connectivity index (χ2n) is 6.73. The van der Waals surface area contributed by atoms with Crippen LogP contribution in [0.25, 0.3) is 22.6 Å². The van der Waals surface area contributed by atoms with Gasteiger partial charge in [-0.15, -0.1) is 0 Å². The standard InChI is InChI=1S/C21H10F7N3O3/c22-15-14(21(26,27)28)16(23)18(25)19(17(15)24)33-8-13(32)30-10-1-2-12-11(7-10)31-20(34-12)9-3-5-29-6-4-9/h1-7H,8H2,(H,30,32). The number of hydrogen-bond donors (Lipinski definition) is 1. The van der Waals surface area contributed by atoms with E-state index in [4.69, 9.17) is 4.42 Å². The van der Waals surface area contributed by atoms with Crippen LogP contribution < -0.4 is 10.1 Å². The van der Waals surface area contributed by atoms with E-state index in [-0.39, 0.29) is 11.6 Å². The third kappa shape index (κ3) is 4.36. The van der Waals surface area contributed by atoms with Crippen LogP contribution in [-0.4, -0.2) is 22.5 Å². The number of alkyl halides is 3. The largest absolute Gasteiger partial charge is 0.477 e. The molecule has 176 valence electrons. The van der Waals surface area contributed by atoms with Gasteiger partial charge in [0.25, 0.3) is 5.91 Å². The van der Waals surface area contributed by atoms with Gasteiger partial charge in [0, 0.05) is 23.6 Å². The number of anilines is 1. The van der Waals surface area contributed by atoms with Crippen molar-refractivity contribution in [2.45, 2.75) is 6.18 Å². The van der Waals surface area contributed by atoms with Crippen LogP contribution in [0.2, 0.25) is 0 Å². The summed E-state index contributed by atoms with van der Waals surface area (Å²) in [6.07, 6.45) is -2.62. The molecule has 0 saturated heterocycles. The number of nitrogens with one attached hydrogen (secondary N) is 1. The molecule has 0 aliphatic heterocycles. The van der Waals surface area contributed by atoms with E-state index in [1.54, 1.807) is 12.1 Å². The average molecular weight is 485 g/mol. The molecule has 0 fully saturated rings. The molecule has 0 atom stereocenters. The molecule has 6 nitrogen and oxygen atoms in total. The number of carbonyl (C=O) groups excluding carboxylic acids is 1. The van der Waals surface area contributed by atoms with Crippen molar-refractivity contribution in [2.75, 3.05) is 11.9 Å². The Bertz CT molecular complexity index is 1360. The van der Waals surface area contributed by atoms with Crippen LogP contribution in [0.1, 0.15) is 5.56 Å². The molecule has 0 saturated carbocycles. The summed E-state index contributed by atoms with van der Waals surface area (Å²) >= 11 is 0. The number of nitrogens with zero attached hydrogens (tertiary/aromatic N) is 2. The first-order chi connectivity index (χ1) is 16.1. The van der Waals surface area contributed by atoms with Gasteiger partial charge >= 0.3 is 6.18 Å². The van der Waals surface area contributed by atoms with Crippen molar-refractivity contribution in [3.63, 3.8) is 0 Å². The van der Waals surface area contributed by atoms with Gasteiger partial charge in [0.15, 0.2) is 29.6 Å². The summed E-state index contributed by atoms with van der Waals surface area (Å²) in [5, 5.41) is 2.29. The van der Waals surface area contributed by atoms with Gasteiger partial charge in [0.05, 0.1) is 0 Å². The number of aromatic nitrogens is 2. The zero-order chi connectivity index (χ0) is 24.6. The van der Waals surface area contributed by atoms with Crippen molar-refractivity contribution in [2.24, 2.45) is 0 Å². The first-order valence-corrected chi connectivity index (χ1v) is 9.23. The highest BCUT2D eigenvalue weighted by Gasteiger charge is 2.42. The van der Waals surface area contributed by atoms with Gasteiger partial charge in [-0.1, -0.05) is 0 Å². The average Bonchev–Trinajstić information content (AvgIpc) is 3.21. The summed E-state index contributed by atoms with van der Waals surface area (Å²) < 4.78 is 103. The van der Waals surface area contributed by atoms with E-state index < -0.39 is 53.3 Å². The lowest BCUT2D eigenvalue weighted by atomic mass is 10.1. The van der Waals surface area contributed by atoms with E-state index in [0.717, 1.165) is 0 Å². The molecule has 0 aliphatic carbocycles. The number of benzene rings is 2. The number of oxazole rings is 1. The summed E-state index contributed by atoms with van der Waals surface area (Å²) in [5.74, 6) is -12.8. The predicted octanol–water partition coefficient (Wildman–Crippen LogP) is 5.48. The third-order valence-corrected chi connectivity index (χ3v) is 4.45. The molecule has 4 rings (SSSR count). The lowest BCUT2D eigenvalue weighted by molar-refractivity contribution is -0.143. The molecule has 34 heavy (non-hydrogen) atoms. The molecule has 1 N–H and O–H groups in total. The summed E-state index contributed by atoms with van der Waals surface area (Å²) in [6.45, 7) is -1.17. The Balaban J connectivity index is 1.49. The van der Waals surface area contributed by atoms with E-state index in [9.17, 15) is 35.5 Å². The monoisotopic (exact) mass is 485 g/mol. The second kappa shape index (κ2) is 8.65. The van der Waals surface area contributed by atoms with Crippen LogP contribution >= 0.6 is 0 Å². The Labute approximate surface area is 185 Å². The fourth-order valence-corrected chi connectivity index (χ4v) is 2.95. The maximum Gasteiger partial charge on any atom is 0.422 e. The number of fused-ring (bicyclic) bond motifs is 1. The van der Waals surface area contributed by atoms with E-state index in [2.05, 4.69) is 20.0 Å². The van der Waals surface area contributed by atoms with E-state index in [1.807, 2.05) is 0 Å². The molecule has 13 heteroatoms. The van der Waals surface area contributed by atoms with Crippen molar-refractivity contribution in [3.05, 3.63) is 71.6 Å².